The molecule has 0 N–H and O–H groups in total. The number of carbonyl (C=O) groups is 2. The average molecular weight is 371 g/mol. The van der Waals surface area contributed by atoms with Gasteiger partial charge in [0.15, 0.2) is 5.78 Å². The van der Waals surface area contributed by atoms with Crippen molar-refractivity contribution in [3.05, 3.63) is 91.2 Å². The van der Waals surface area contributed by atoms with Crippen LogP contribution in [-0.4, -0.2) is 17.8 Å². The Morgan fingerprint density at radius 2 is 1.46 bits per heavy atom. The number of thioether (sulfide) groups is 3. The van der Waals surface area contributed by atoms with Gasteiger partial charge in [-0.05, 0) is 6.26 Å². The summed E-state index contributed by atoms with van der Waals surface area (Å²) >= 11 is 4.41. The highest BCUT2D eigenvalue weighted by Gasteiger charge is 2.27. The quantitative estimate of drug-likeness (QED) is 0.505. The minimum atomic E-state index is -0.0422. The lowest BCUT2D eigenvalue weighted by Gasteiger charge is -2.02. The third kappa shape index (κ3) is 3.86. The number of hydrogen-bond acceptors (Lipinski definition) is 5. The molecule has 1 heterocycles. The first-order chi connectivity index (χ1) is 11.7. The van der Waals surface area contributed by atoms with E-state index in [-0.39, 0.29) is 11.6 Å². The maximum absolute atomic E-state index is 12.7. The first kappa shape index (κ1) is 17.1. The summed E-state index contributed by atoms with van der Waals surface area (Å²) in [6, 6.07) is 18.4. The van der Waals surface area contributed by atoms with Crippen LogP contribution in [0, 0.1) is 0 Å². The predicted octanol–water partition coefficient (Wildman–Crippen LogP) is 5.61. The van der Waals surface area contributed by atoms with Gasteiger partial charge in [0.1, 0.15) is 0 Å². The molecule has 2 aromatic carbocycles. The van der Waals surface area contributed by atoms with Crippen molar-refractivity contribution in [1.29, 1.82) is 0 Å². The molecule has 1 aliphatic rings. The number of rotatable bonds is 5. The maximum atomic E-state index is 12.7. The zero-order valence-electron chi connectivity index (χ0n) is 12.9. The van der Waals surface area contributed by atoms with E-state index in [2.05, 4.69) is 0 Å². The van der Waals surface area contributed by atoms with Gasteiger partial charge >= 0.3 is 0 Å². The SMILES string of the molecule is CSC1=C(C(=O)c2ccccc2)S/C(=C\C(=O)c2ccccc2)S1. The van der Waals surface area contributed by atoms with E-state index in [9.17, 15) is 9.59 Å². The predicted molar refractivity (Wildman–Crippen MR) is 105 cm³/mol. The number of hydrogen-bond donors (Lipinski definition) is 0. The van der Waals surface area contributed by atoms with Crippen LogP contribution in [0.25, 0.3) is 0 Å². The minimum absolute atomic E-state index is 0.00742. The lowest BCUT2D eigenvalue weighted by molar-refractivity contribution is 0.103. The Balaban J connectivity index is 1.81. The second kappa shape index (κ2) is 7.92. The molecule has 2 aromatic rings. The molecule has 1 aliphatic heterocycles. The van der Waals surface area contributed by atoms with Gasteiger partial charge in [-0.15, -0.1) is 11.8 Å². The minimum Gasteiger partial charge on any atom is -0.289 e. The molecular weight excluding hydrogens is 356 g/mol. The van der Waals surface area contributed by atoms with Crippen LogP contribution in [0.15, 0.2) is 80.1 Å². The molecular formula is C19H14O2S3. The summed E-state index contributed by atoms with van der Waals surface area (Å²) in [5.41, 5.74) is 1.32. The number of ketones is 2. The Bertz CT molecular complexity index is 824. The zero-order valence-corrected chi connectivity index (χ0v) is 15.3. The van der Waals surface area contributed by atoms with Crippen LogP contribution in [0.2, 0.25) is 0 Å². The Kier molecular flexibility index (Phi) is 5.66. The van der Waals surface area contributed by atoms with E-state index in [0.717, 1.165) is 8.47 Å². The molecule has 0 unspecified atom stereocenters. The molecule has 0 spiro atoms. The summed E-state index contributed by atoms with van der Waals surface area (Å²) in [6.45, 7) is 0. The van der Waals surface area contributed by atoms with E-state index in [1.54, 1.807) is 18.2 Å². The van der Waals surface area contributed by atoms with E-state index in [0.29, 0.717) is 16.0 Å². The maximum Gasteiger partial charge on any atom is 0.201 e. The Labute approximate surface area is 153 Å². The van der Waals surface area contributed by atoms with E-state index < -0.39 is 0 Å². The Morgan fingerprint density at radius 1 is 0.875 bits per heavy atom. The smallest absolute Gasteiger partial charge is 0.201 e. The largest absolute Gasteiger partial charge is 0.289 e. The van der Waals surface area contributed by atoms with Crippen LogP contribution in [0.3, 0.4) is 0 Å². The second-order valence-corrected chi connectivity index (χ2v) is 8.35. The molecule has 24 heavy (non-hydrogen) atoms. The average Bonchev–Trinajstić information content (AvgIpc) is 3.05. The third-order valence-corrected chi connectivity index (χ3v) is 7.02. The Morgan fingerprint density at radius 3 is 2.04 bits per heavy atom. The molecule has 2 nitrogen and oxygen atoms in total. The molecule has 0 saturated carbocycles. The van der Waals surface area contributed by atoms with Gasteiger partial charge in [0.2, 0.25) is 5.78 Å². The van der Waals surface area contributed by atoms with Gasteiger partial charge in [0.25, 0.3) is 0 Å². The number of benzene rings is 2. The number of allylic oxidation sites excluding steroid dienone is 2. The highest BCUT2D eigenvalue weighted by molar-refractivity contribution is 8.36. The van der Waals surface area contributed by atoms with E-state index in [4.69, 9.17) is 0 Å². The molecule has 5 heteroatoms. The normalized spacial score (nSPS) is 15.8. The fraction of sp³-hybridized carbons (Fsp3) is 0.0526. The van der Waals surface area contributed by atoms with Gasteiger partial charge in [-0.2, -0.15) is 0 Å². The molecule has 0 amide bonds. The summed E-state index contributed by atoms with van der Waals surface area (Å²) in [4.78, 5) is 25.7. The van der Waals surface area contributed by atoms with E-state index in [1.165, 1.54) is 35.3 Å². The van der Waals surface area contributed by atoms with Crippen LogP contribution in [0.5, 0.6) is 0 Å². The summed E-state index contributed by atoms with van der Waals surface area (Å²) in [6.07, 6.45) is 3.56. The fourth-order valence-corrected chi connectivity index (χ4v) is 5.67. The first-order valence-corrected chi connectivity index (χ1v) is 10.1. The highest BCUT2D eigenvalue weighted by Crippen LogP contribution is 2.53. The van der Waals surface area contributed by atoms with Crippen LogP contribution in [0.4, 0.5) is 0 Å². The van der Waals surface area contributed by atoms with Gasteiger partial charge in [0, 0.05) is 17.2 Å². The molecule has 0 saturated heterocycles. The first-order valence-electron chi connectivity index (χ1n) is 7.24. The molecule has 0 atom stereocenters. The second-order valence-electron chi connectivity index (χ2n) is 4.91. The van der Waals surface area contributed by atoms with E-state index >= 15 is 0 Å². The molecule has 0 bridgehead atoms. The van der Waals surface area contributed by atoms with E-state index in [1.807, 2.05) is 54.8 Å². The third-order valence-electron chi connectivity index (χ3n) is 3.32. The van der Waals surface area contributed by atoms with Crippen LogP contribution in [0.1, 0.15) is 20.7 Å². The van der Waals surface area contributed by atoms with Gasteiger partial charge in [-0.1, -0.05) is 84.2 Å². The van der Waals surface area contributed by atoms with Crippen molar-refractivity contribution in [2.24, 2.45) is 0 Å². The number of carbonyl (C=O) groups excluding carboxylic acids is 2. The fourth-order valence-electron chi connectivity index (χ4n) is 2.15. The van der Waals surface area contributed by atoms with Crippen molar-refractivity contribution in [1.82, 2.24) is 0 Å². The van der Waals surface area contributed by atoms with Gasteiger partial charge in [-0.25, -0.2) is 0 Å². The molecule has 120 valence electrons. The van der Waals surface area contributed by atoms with Crippen molar-refractivity contribution in [3.63, 3.8) is 0 Å². The molecule has 0 radical (unpaired) electrons. The standard InChI is InChI=1S/C19H14O2S3/c1-22-19-18(17(21)14-10-6-3-7-11-14)23-16(24-19)12-15(20)13-8-4-2-5-9-13/h2-12H,1H3/b16-12+. The van der Waals surface area contributed by atoms with Crippen molar-refractivity contribution in [2.75, 3.05) is 6.26 Å². The topological polar surface area (TPSA) is 34.1 Å². The molecule has 0 aliphatic carbocycles. The summed E-state index contributed by atoms with van der Waals surface area (Å²) in [7, 11) is 0. The highest BCUT2D eigenvalue weighted by atomic mass is 32.2. The van der Waals surface area contributed by atoms with Gasteiger partial charge in [0.05, 0.1) is 13.4 Å². The summed E-state index contributed by atoms with van der Waals surface area (Å²) in [5, 5.41) is 0. The van der Waals surface area contributed by atoms with Crippen molar-refractivity contribution < 1.29 is 9.59 Å². The van der Waals surface area contributed by atoms with Gasteiger partial charge < -0.3 is 0 Å². The summed E-state index contributed by atoms with van der Waals surface area (Å²) in [5.74, 6) is -0.0347. The molecule has 0 fully saturated rings. The zero-order chi connectivity index (χ0) is 16.9. The lowest BCUT2D eigenvalue weighted by atomic mass is 10.1. The van der Waals surface area contributed by atoms with Crippen LogP contribution < -0.4 is 0 Å². The van der Waals surface area contributed by atoms with Crippen LogP contribution >= 0.6 is 35.3 Å². The van der Waals surface area contributed by atoms with Crippen molar-refractivity contribution in [2.45, 2.75) is 0 Å². The molecule has 0 aromatic heterocycles. The Hall–Kier alpha value is -1.69. The lowest BCUT2D eigenvalue weighted by Crippen LogP contribution is -2.00. The summed E-state index contributed by atoms with van der Waals surface area (Å²) < 4.78 is 1.79. The number of Topliss-reactive ketones (excluding diaryl/α,β-unsaturated/α-hetero) is 1. The van der Waals surface area contributed by atoms with Crippen molar-refractivity contribution >= 4 is 46.9 Å². The van der Waals surface area contributed by atoms with Gasteiger partial charge in [-0.3, -0.25) is 9.59 Å². The molecule has 3 rings (SSSR count). The monoisotopic (exact) mass is 370 g/mol. The van der Waals surface area contributed by atoms with Crippen LogP contribution in [-0.2, 0) is 0 Å². The van der Waals surface area contributed by atoms with Crippen molar-refractivity contribution in [3.8, 4) is 0 Å².